The minimum absolute atomic E-state index is 0.850. The number of hydrogen-bond donors (Lipinski definition) is 0. The van der Waals surface area contributed by atoms with Crippen LogP contribution in [0.4, 0.5) is 0 Å². The van der Waals surface area contributed by atoms with Gasteiger partial charge in [-0.2, -0.15) is 0 Å². The molecule has 0 heterocycles. The molecule has 0 amide bonds. The summed E-state index contributed by atoms with van der Waals surface area (Å²) in [4.78, 5) is 0. The quantitative estimate of drug-likeness (QED) is 0.586. The van der Waals surface area contributed by atoms with E-state index in [0.717, 1.165) is 5.75 Å². The summed E-state index contributed by atoms with van der Waals surface area (Å²) in [6, 6.07) is 5.97. The van der Waals surface area contributed by atoms with Crippen LogP contribution in [0.3, 0.4) is 0 Å². The van der Waals surface area contributed by atoms with Gasteiger partial charge in [-0.05, 0) is 37.1 Å². The van der Waals surface area contributed by atoms with Gasteiger partial charge >= 0.3 is 0 Å². The third-order valence-corrected chi connectivity index (χ3v) is 1.70. The normalized spacial score (nSPS) is 9.27. The lowest BCUT2D eigenvalue weighted by Crippen LogP contribution is -1.84. The predicted octanol–water partition coefficient (Wildman–Crippen LogP) is 2.83. The second-order valence-electron chi connectivity index (χ2n) is 2.53. The lowest BCUT2D eigenvalue weighted by Gasteiger charge is -2.02. The molecule has 0 saturated carbocycles. The largest absolute Gasteiger partial charge is 0.466 e. The van der Waals surface area contributed by atoms with Gasteiger partial charge in [-0.15, -0.1) is 0 Å². The Kier molecular flexibility index (Phi) is 2.32. The Morgan fingerprint density at radius 3 is 2.55 bits per heavy atom. The van der Waals surface area contributed by atoms with Gasteiger partial charge in [0.15, 0.2) is 0 Å². The van der Waals surface area contributed by atoms with Gasteiger partial charge in [0.05, 0.1) is 6.26 Å². The van der Waals surface area contributed by atoms with Crippen molar-refractivity contribution in [1.29, 1.82) is 0 Å². The van der Waals surface area contributed by atoms with Crippen molar-refractivity contribution in [3.8, 4) is 5.75 Å². The van der Waals surface area contributed by atoms with Crippen LogP contribution in [0.2, 0.25) is 0 Å². The molecular formula is C10H12O. The summed E-state index contributed by atoms with van der Waals surface area (Å²) in [7, 11) is 0. The maximum Gasteiger partial charge on any atom is 0.126 e. The van der Waals surface area contributed by atoms with E-state index in [9.17, 15) is 0 Å². The average molecular weight is 148 g/mol. The first kappa shape index (κ1) is 7.86. The molecule has 1 heteroatoms. The van der Waals surface area contributed by atoms with E-state index >= 15 is 0 Å². The summed E-state index contributed by atoms with van der Waals surface area (Å²) in [6.45, 7) is 7.62. The Morgan fingerprint density at radius 1 is 1.27 bits per heavy atom. The van der Waals surface area contributed by atoms with Crippen molar-refractivity contribution < 1.29 is 4.74 Å². The van der Waals surface area contributed by atoms with Crippen molar-refractivity contribution in [3.05, 3.63) is 42.2 Å². The molecule has 0 spiro atoms. The number of hydrogen-bond acceptors (Lipinski definition) is 1. The van der Waals surface area contributed by atoms with Crippen LogP contribution in [-0.4, -0.2) is 0 Å². The first-order valence-electron chi connectivity index (χ1n) is 3.59. The third-order valence-electron chi connectivity index (χ3n) is 1.70. The van der Waals surface area contributed by atoms with Gasteiger partial charge in [0.25, 0.3) is 0 Å². The smallest absolute Gasteiger partial charge is 0.126 e. The Hall–Kier alpha value is -1.24. The molecule has 1 nitrogen and oxygen atoms in total. The molecule has 58 valence electrons. The average Bonchev–Trinajstić information content (AvgIpc) is 1.98. The molecule has 0 N–H and O–H groups in total. The summed E-state index contributed by atoms with van der Waals surface area (Å²) >= 11 is 0. The SMILES string of the molecule is C=COc1ccc(C)c(C)c1. The minimum atomic E-state index is 0.850. The van der Waals surface area contributed by atoms with Crippen molar-refractivity contribution >= 4 is 0 Å². The van der Waals surface area contributed by atoms with E-state index in [1.54, 1.807) is 0 Å². The molecule has 0 fully saturated rings. The topological polar surface area (TPSA) is 9.23 Å². The van der Waals surface area contributed by atoms with Gasteiger partial charge in [0.2, 0.25) is 0 Å². The van der Waals surface area contributed by atoms with E-state index in [4.69, 9.17) is 4.74 Å². The zero-order valence-electron chi connectivity index (χ0n) is 6.92. The highest BCUT2D eigenvalue weighted by Crippen LogP contribution is 2.16. The zero-order valence-corrected chi connectivity index (χ0v) is 6.92. The van der Waals surface area contributed by atoms with Crippen molar-refractivity contribution in [1.82, 2.24) is 0 Å². The highest BCUT2D eigenvalue weighted by molar-refractivity contribution is 5.34. The Labute approximate surface area is 67.3 Å². The predicted molar refractivity (Wildman–Crippen MR) is 46.7 cm³/mol. The zero-order chi connectivity index (χ0) is 8.27. The van der Waals surface area contributed by atoms with E-state index in [2.05, 4.69) is 20.4 Å². The Balaban J connectivity index is 2.95. The molecule has 0 aliphatic heterocycles. The molecule has 11 heavy (non-hydrogen) atoms. The van der Waals surface area contributed by atoms with Crippen LogP contribution < -0.4 is 4.74 Å². The summed E-state index contributed by atoms with van der Waals surface area (Å²) < 4.78 is 5.11. The molecule has 0 bridgehead atoms. The second-order valence-corrected chi connectivity index (χ2v) is 2.53. The highest BCUT2D eigenvalue weighted by Gasteiger charge is 1.93. The molecule has 0 aliphatic rings. The van der Waals surface area contributed by atoms with E-state index in [-0.39, 0.29) is 0 Å². The Bertz CT molecular complexity index is 264. The fraction of sp³-hybridized carbons (Fsp3) is 0.200. The highest BCUT2D eigenvalue weighted by atomic mass is 16.5. The molecule has 0 aliphatic carbocycles. The Morgan fingerprint density at radius 2 is 2.00 bits per heavy atom. The van der Waals surface area contributed by atoms with Crippen LogP contribution in [0.5, 0.6) is 5.75 Å². The fourth-order valence-electron chi connectivity index (χ4n) is 0.883. The third kappa shape index (κ3) is 1.84. The monoisotopic (exact) mass is 148 g/mol. The molecule has 0 aromatic heterocycles. The van der Waals surface area contributed by atoms with Crippen LogP contribution in [0.15, 0.2) is 31.0 Å². The van der Waals surface area contributed by atoms with Gasteiger partial charge in [-0.1, -0.05) is 12.6 Å². The lowest BCUT2D eigenvalue weighted by atomic mass is 10.1. The van der Waals surface area contributed by atoms with Crippen LogP contribution in [0.25, 0.3) is 0 Å². The molecule has 0 saturated heterocycles. The maximum absolute atomic E-state index is 5.11. The maximum atomic E-state index is 5.11. The molecular weight excluding hydrogens is 136 g/mol. The number of benzene rings is 1. The van der Waals surface area contributed by atoms with Crippen LogP contribution in [0, 0.1) is 13.8 Å². The number of rotatable bonds is 2. The molecule has 0 unspecified atom stereocenters. The first-order valence-corrected chi connectivity index (χ1v) is 3.59. The van der Waals surface area contributed by atoms with Gasteiger partial charge in [0, 0.05) is 0 Å². The summed E-state index contributed by atoms with van der Waals surface area (Å²) in [5.41, 5.74) is 2.52. The standard InChI is InChI=1S/C10H12O/c1-4-11-10-6-5-8(2)9(3)7-10/h4-7H,1H2,2-3H3. The fourth-order valence-corrected chi connectivity index (χ4v) is 0.883. The van der Waals surface area contributed by atoms with Gasteiger partial charge in [-0.3, -0.25) is 0 Å². The number of ether oxygens (including phenoxy) is 1. The van der Waals surface area contributed by atoms with Crippen molar-refractivity contribution in [3.63, 3.8) is 0 Å². The summed E-state index contributed by atoms with van der Waals surface area (Å²) in [6.07, 6.45) is 1.43. The van der Waals surface area contributed by atoms with Crippen LogP contribution in [-0.2, 0) is 0 Å². The first-order chi connectivity index (χ1) is 5.24. The second kappa shape index (κ2) is 3.24. The van der Waals surface area contributed by atoms with Gasteiger partial charge < -0.3 is 4.74 Å². The number of aryl methyl sites for hydroxylation is 2. The summed E-state index contributed by atoms with van der Waals surface area (Å²) in [5.74, 6) is 0.850. The molecule has 1 rings (SSSR count). The van der Waals surface area contributed by atoms with E-state index in [1.165, 1.54) is 17.4 Å². The van der Waals surface area contributed by atoms with E-state index in [1.807, 2.05) is 18.2 Å². The minimum Gasteiger partial charge on any atom is -0.466 e. The molecule has 1 aromatic carbocycles. The lowest BCUT2D eigenvalue weighted by molar-refractivity contribution is 0.483. The van der Waals surface area contributed by atoms with Gasteiger partial charge in [-0.25, -0.2) is 0 Å². The molecule has 1 aromatic rings. The van der Waals surface area contributed by atoms with Crippen molar-refractivity contribution in [2.45, 2.75) is 13.8 Å². The van der Waals surface area contributed by atoms with Crippen LogP contribution in [0.1, 0.15) is 11.1 Å². The van der Waals surface area contributed by atoms with E-state index in [0.29, 0.717) is 0 Å². The van der Waals surface area contributed by atoms with E-state index < -0.39 is 0 Å². The van der Waals surface area contributed by atoms with Crippen molar-refractivity contribution in [2.75, 3.05) is 0 Å². The van der Waals surface area contributed by atoms with Crippen molar-refractivity contribution in [2.24, 2.45) is 0 Å². The molecule has 0 radical (unpaired) electrons. The van der Waals surface area contributed by atoms with Gasteiger partial charge in [0.1, 0.15) is 5.75 Å². The van der Waals surface area contributed by atoms with Crippen LogP contribution >= 0.6 is 0 Å². The summed E-state index contributed by atoms with van der Waals surface area (Å²) in [5, 5.41) is 0. The molecule has 0 atom stereocenters.